The first-order valence-electron chi connectivity index (χ1n) is 11.1. The molecule has 1 atom stereocenters. The number of hydrogen-bond donors (Lipinski definition) is 2. The van der Waals surface area contributed by atoms with E-state index >= 15 is 0 Å². The standard InChI is InChI=1S/C25H24N4O4S2/c30-22(24-29-18-10-4-5-12-20(18)35-24)19(28-23(31)21-14-26-16-34-21)11-6-7-13-27-25(32)33-15-17-8-2-1-3-9-17/h1-5,8-10,12,14,16,19H,6-7,11,13,15H2,(H,27,32)(H,28,31)/t19-/m0/s1. The van der Waals surface area contributed by atoms with Gasteiger partial charge >= 0.3 is 6.09 Å². The van der Waals surface area contributed by atoms with Crippen molar-refractivity contribution in [1.82, 2.24) is 20.6 Å². The number of ketones is 1. The van der Waals surface area contributed by atoms with Crippen molar-refractivity contribution in [3.63, 3.8) is 0 Å². The Morgan fingerprint density at radius 1 is 1.00 bits per heavy atom. The molecule has 0 aliphatic carbocycles. The van der Waals surface area contributed by atoms with E-state index in [4.69, 9.17) is 4.74 Å². The van der Waals surface area contributed by atoms with Crippen molar-refractivity contribution in [1.29, 1.82) is 0 Å². The Morgan fingerprint density at radius 2 is 1.80 bits per heavy atom. The largest absolute Gasteiger partial charge is 0.445 e. The number of aromatic nitrogens is 2. The minimum atomic E-state index is -0.727. The number of ether oxygens (including phenoxy) is 1. The highest BCUT2D eigenvalue weighted by atomic mass is 32.1. The van der Waals surface area contributed by atoms with Gasteiger partial charge < -0.3 is 15.4 Å². The Labute approximate surface area is 210 Å². The van der Waals surface area contributed by atoms with Gasteiger partial charge in [-0.2, -0.15) is 0 Å². The van der Waals surface area contributed by atoms with Gasteiger partial charge in [0.25, 0.3) is 5.91 Å². The van der Waals surface area contributed by atoms with Crippen molar-refractivity contribution >= 4 is 50.7 Å². The maximum atomic E-state index is 13.2. The molecule has 0 radical (unpaired) electrons. The zero-order valence-electron chi connectivity index (χ0n) is 18.8. The first-order chi connectivity index (χ1) is 17.1. The molecule has 180 valence electrons. The van der Waals surface area contributed by atoms with Crippen LogP contribution in [0.15, 0.2) is 66.3 Å². The monoisotopic (exact) mass is 508 g/mol. The number of hydrogen-bond acceptors (Lipinski definition) is 8. The van der Waals surface area contributed by atoms with Gasteiger partial charge in [-0.25, -0.2) is 9.78 Å². The van der Waals surface area contributed by atoms with Gasteiger partial charge in [0.15, 0.2) is 5.01 Å². The molecule has 2 aromatic heterocycles. The number of thiazole rings is 2. The van der Waals surface area contributed by atoms with Gasteiger partial charge in [-0.1, -0.05) is 42.5 Å². The van der Waals surface area contributed by atoms with Crippen LogP contribution in [0.3, 0.4) is 0 Å². The summed E-state index contributed by atoms with van der Waals surface area (Å²) in [5, 5.41) is 5.92. The number of para-hydroxylation sites is 1. The summed E-state index contributed by atoms with van der Waals surface area (Å²) in [6.45, 7) is 0.605. The molecule has 2 aromatic carbocycles. The molecule has 0 aliphatic rings. The molecular formula is C25H24N4O4S2. The molecule has 8 nitrogen and oxygen atoms in total. The van der Waals surface area contributed by atoms with E-state index in [9.17, 15) is 14.4 Å². The maximum Gasteiger partial charge on any atom is 0.407 e. The minimum absolute atomic E-state index is 0.203. The van der Waals surface area contributed by atoms with Crippen LogP contribution in [0.2, 0.25) is 0 Å². The van der Waals surface area contributed by atoms with Crippen LogP contribution in [0.4, 0.5) is 4.79 Å². The van der Waals surface area contributed by atoms with Crippen molar-refractivity contribution < 1.29 is 19.1 Å². The zero-order chi connectivity index (χ0) is 24.5. The van der Waals surface area contributed by atoms with E-state index in [1.54, 1.807) is 5.51 Å². The smallest absolute Gasteiger partial charge is 0.407 e. The van der Waals surface area contributed by atoms with Gasteiger partial charge in [0, 0.05) is 6.54 Å². The number of nitrogens with one attached hydrogen (secondary N) is 2. The Bertz CT molecular complexity index is 1240. The predicted octanol–water partition coefficient (Wildman–Crippen LogP) is 4.83. The SMILES string of the molecule is O=C(NCCCC[C@H](NC(=O)c1cncs1)C(=O)c1nc2ccccc2s1)OCc1ccccc1. The number of benzene rings is 2. The molecule has 10 heteroatoms. The Balaban J connectivity index is 1.30. The first-order valence-corrected chi connectivity index (χ1v) is 12.8. The molecular weight excluding hydrogens is 484 g/mol. The molecule has 2 N–H and O–H groups in total. The molecule has 0 saturated heterocycles. The van der Waals surface area contributed by atoms with E-state index in [-0.39, 0.29) is 18.3 Å². The van der Waals surface area contributed by atoms with Crippen molar-refractivity contribution in [3.8, 4) is 0 Å². The Hall–Kier alpha value is -3.63. The zero-order valence-corrected chi connectivity index (χ0v) is 20.4. The second kappa shape index (κ2) is 12.2. The normalized spacial score (nSPS) is 11.7. The third-order valence-corrected chi connectivity index (χ3v) is 7.01. The summed E-state index contributed by atoms with van der Waals surface area (Å²) >= 11 is 2.53. The first kappa shape index (κ1) is 24.5. The minimum Gasteiger partial charge on any atom is -0.445 e. The van der Waals surface area contributed by atoms with Crippen LogP contribution in [-0.2, 0) is 11.3 Å². The van der Waals surface area contributed by atoms with E-state index in [0.29, 0.717) is 35.7 Å². The van der Waals surface area contributed by atoms with E-state index in [1.165, 1.54) is 28.9 Å². The summed E-state index contributed by atoms with van der Waals surface area (Å²) < 4.78 is 6.12. The molecule has 4 rings (SSSR count). The predicted molar refractivity (Wildman–Crippen MR) is 136 cm³/mol. The lowest BCUT2D eigenvalue weighted by atomic mass is 10.1. The van der Waals surface area contributed by atoms with Crippen LogP contribution in [-0.4, -0.2) is 40.3 Å². The highest BCUT2D eigenvalue weighted by Crippen LogP contribution is 2.23. The van der Waals surface area contributed by atoms with Gasteiger partial charge in [0.2, 0.25) is 5.78 Å². The van der Waals surface area contributed by atoms with Gasteiger partial charge in [0.1, 0.15) is 11.5 Å². The number of alkyl carbamates (subject to hydrolysis) is 1. The van der Waals surface area contributed by atoms with Crippen LogP contribution < -0.4 is 10.6 Å². The fourth-order valence-corrected chi connectivity index (χ4v) is 4.87. The molecule has 0 fully saturated rings. The van der Waals surface area contributed by atoms with Gasteiger partial charge in [-0.15, -0.1) is 22.7 Å². The van der Waals surface area contributed by atoms with Gasteiger partial charge in [0.05, 0.1) is 28.0 Å². The molecule has 0 spiro atoms. The Morgan fingerprint density at radius 3 is 2.57 bits per heavy atom. The van der Waals surface area contributed by atoms with E-state index < -0.39 is 12.1 Å². The molecule has 2 amide bonds. The summed E-state index contributed by atoms with van der Waals surface area (Å²) in [5.41, 5.74) is 3.24. The summed E-state index contributed by atoms with van der Waals surface area (Å²) in [6, 6.07) is 16.3. The summed E-state index contributed by atoms with van der Waals surface area (Å²) in [4.78, 5) is 46.6. The fraction of sp³-hybridized carbons (Fsp3) is 0.240. The van der Waals surface area contributed by atoms with E-state index in [1.807, 2.05) is 54.6 Å². The Kier molecular flexibility index (Phi) is 8.53. The van der Waals surface area contributed by atoms with E-state index in [2.05, 4.69) is 20.6 Å². The molecule has 35 heavy (non-hydrogen) atoms. The molecule has 2 heterocycles. The van der Waals surface area contributed by atoms with Crippen molar-refractivity contribution in [2.24, 2.45) is 0 Å². The number of nitrogens with zero attached hydrogens (tertiary/aromatic N) is 2. The topological polar surface area (TPSA) is 110 Å². The van der Waals surface area contributed by atoms with Crippen molar-refractivity contribution in [2.45, 2.75) is 31.9 Å². The third kappa shape index (κ3) is 6.93. The number of rotatable bonds is 11. The highest BCUT2D eigenvalue weighted by Gasteiger charge is 2.25. The quantitative estimate of drug-likeness (QED) is 0.222. The molecule has 0 saturated carbocycles. The van der Waals surface area contributed by atoms with Gasteiger partial charge in [-0.05, 0) is 37.0 Å². The van der Waals surface area contributed by atoms with Crippen LogP contribution >= 0.6 is 22.7 Å². The number of carbonyl (C=O) groups is 3. The highest BCUT2D eigenvalue weighted by molar-refractivity contribution is 7.20. The van der Waals surface area contributed by atoms with Crippen LogP contribution in [0, 0.1) is 0 Å². The number of Topliss-reactive ketones (excluding diaryl/α,β-unsaturated/α-hetero) is 1. The van der Waals surface area contributed by atoms with Crippen molar-refractivity contribution in [3.05, 3.63) is 81.8 Å². The summed E-state index contributed by atoms with van der Waals surface area (Å²) in [6.07, 6.45) is 2.64. The number of carbonyl (C=O) groups excluding carboxylic acids is 3. The second-order valence-corrected chi connectivity index (χ2v) is 9.64. The number of amides is 2. The number of fused-ring (bicyclic) bond motifs is 1. The average Bonchev–Trinajstić information content (AvgIpc) is 3.57. The van der Waals surface area contributed by atoms with Gasteiger partial charge in [-0.3, -0.25) is 14.6 Å². The van der Waals surface area contributed by atoms with Crippen LogP contribution in [0.5, 0.6) is 0 Å². The third-order valence-electron chi connectivity index (χ3n) is 5.18. The molecule has 0 aliphatic heterocycles. The molecule has 0 bridgehead atoms. The van der Waals surface area contributed by atoms with Crippen LogP contribution in [0.25, 0.3) is 10.2 Å². The molecule has 0 unspecified atom stereocenters. The summed E-state index contributed by atoms with van der Waals surface area (Å²) in [5.74, 6) is -0.561. The summed E-state index contributed by atoms with van der Waals surface area (Å²) in [7, 11) is 0. The number of unbranched alkanes of at least 4 members (excludes halogenated alkanes) is 1. The second-order valence-electron chi connectivity index (χ2n) is 7.73. The average molecular weight is 509 g/mol. The maximum absolute atomic E-state index is 13.2. The lowest BCUT2D eigenvalue weighted by Gasteiger charge is -2.16. The lowest BCUT2D eigenvalue weighted by Crippen LogP contribution is -2.40. The van der Waals surface area contributed by atoms with Crippen molar-refractivity contribution in [2.75, 3.05) is 6.54 Å². The van der Waals surface area contributed by atoms with E-state index in [0.717, 1.165) is 15.8 Å². The molecule has 4 aromatic rings. The lowest BCUT2D eigenvalue weighted by molar-refractivity contribution is 0.0853. The fourth-order valence-electron chi connectivity index (χ4n) is 3.39. The van der Waals surface area contributed by atoms with Crippen LogP contribution in [0.1, 0.15) is 44.3 Å².